The lowest BCUT2D eigenvalue weighted by Crippen LogP contribution is -2.10. The van der Waals surface area contributed by atoms with Gasteiger partial charge in [0, 0.05) is 31.5 Å². The summed E-state index contributed by atoms with van der Waals surface area (Å²) in [6.45, 7) is 0.314. The Morgan fingerprint density at radius 2 is 2.11 bits per heavy atom. The van der Waals surface area contributed by atoms with Crippen molar-refractivity contribution >= 4 is 11.7 Å². The molecule has 1 heterocycles. The van der Waals surface area contributed by atoms with Gasteiger partial charge in [0.1, 0.15) is 5.82 Å². The number of ether oxygens (including phenoxy) is 1. The highest BCUT2D eigenvalue weighted by Gasteiger charge is 2.07. The Bertz CT molecular complexity index is 531. The summed E-state index contributed by atoms with van der Waals surface area (Å²) in [5, 5.41) is 0. The number of nitrogens with zero attached hydrogens (tertiary/aromatic N) is 2. The van der Waals surface area contributed by atoms with E-state index in [9.17, 15) is 4.79 Å². The molecule has 0 fully saturated rings. The summed E-state index contributed by atoms with van der Waals surface area (Å²) >= 11 is 0. The lowest BCUT2D eigenvalue weighted by atomic mass is 10.2. The number of imidazole rings is 1. The zero-order valence-electron chi connectivity index (χ0n) is 10.2. The van der Waals surface area contributed by atoms with Gasteiger partial charge in [0.25, 0.3) is 0 Å². The minimum Gasteiger partial charge on any atom is -0.462 e. The van der Waals surface area contributed by atoms with E-state index in [0.717, 1.165) is 5.82 Å². The average Bonchev–Trinajstić information content (AvgIpc) is 2.76. The van der Waals surface area contributed by atoms with Gasteiger partial charge in [-0.3, -0.25) is 0 Å². The van der Waals surface area contributed by atoms with E-state index >= 15 is 0 Å². The smallest absolute Gasteiger partial charge is 0.338 e. The van der Waals surface area contributed by atoms with Gasteiger partial charge in [-0.25, -0.2) is 9.78 Å². The Morgan fingerprint density at radius 1 is 1.39 bits per heavy atom. The maximum atomic E-state index is 11.7. The van der Waals surface area contributed by atoms with E-state index in [1.54, 1.807) is 30.5 Å². The van der Waals surface area contributed by atoms with E-state index in [1.165, 1.54) is 0 Å². The molecule has 0 amide bonds. The predicted octanol–water partition coefficient (Wildman–Crippen LogP) is 1.40. The Morgan fingerprint density at radius 3 is 2.72 bits per heavy atom. The van der Waals surface area contributed by atoms with Gasteiger partial charge < -0.3 is 15.0 Å². The summed E-state index contributed by atoms with van der Waals surface area (Å²) in [5.74, 6) is 0.546. The molecule has 0 saturated heterocycles. The first-order chi connectivity index (χ1) is 8.66. The molecule has 0 bridgehead atoms. The predicted molar refractivity (Wildman–Crippen MR) is 68.0 cm³/mol. The number of carbonyl (C=O) groups excluding carboxylic acids is 1. The van der Waals surface area contributed by atoms with Gasteiger partial charge in [0.2, 0.25) is 0 Å². The molecule has 2 rings (SSSR count). The van der Waals surface area contributed by atoms with Crippen molar-refractivity contribution in [1.29, 1.82) is 0 Å². The highest BCUT2D eigenvalue weighted by molar-refractivity contribution is 5.89. The van der Waals surface area contributed by atoms with E-state index in [1.807, 2.05) is 17.8 Å². The number of aromatic nitrogens is 2. The number of carbonyl (C=O) groups is 1. The highest BCUT2D eigenvalue weighted by Crippen LogP contribution is 2.07. The summed E-state index contributed by atoms with van der Waals surface area (Å²) in [4.78, 5) is 15.8. The minimum absolute atomic E-state index is 0.314. The molecule has 2 aromatic rings. The van der Waals surface area contributed by atoms with Crippen LogP contribution in [0.25, 0.3) is 0 Å². The van der Waals surface area contributed by atoms with Crippen LogP contribution in [0.1, 0.15) is 16.2 Å². The van der Waals surface area contributed by atoms with Crippen LogP contribution in [0.15, 0.2) is 36.7 Å². The van der Waals surface area contributed by atoms with Gasteiger partial charge in [-0.1, -0.05) is 0 Å². The maximum Gasteiger partial charge on any atom is 0.338 e. The topological polar surface area (TPSA) is 70.1 Å². The Kier molecular flexibility index (Phi) is 3.62. The van der Waals surface area contributed by atoms with E-state index in [-0.39, 0.29) is 5.97 Å². The summed E-state index contributed by atoms with van der Waals surface area (Å²) in [6, 6.07) is 6.65. The van der Waals surface area contributed by atoms with Gasteiger partial charge in [0.05, 0.1) is 12.2 Å². The SMILES string of the molecule is Cn1ccnc1CCOC(=O)c1ccc(N)cc1. The zero-order valence-corrected chi connectivity index (χ0v) is 10.2. The number of hydrogen-bond acceptors (Lipinski definition) is 4. The molecule has 1 aromatic carbocycles. The number of aryl methyl sites for hydroxylation is 1. The van der Waals surface area contributed by atoms with Gasteiger partial charge >= 0.3 is 5.97 Å². The molecule has 0 aliphatic rings. The van der Waals surface area contributed by atoms with Crippen LogP contribution in [0.5, 0.6) is 0 Å². The van der Waals surface area contributed by atoms with E-state index in [4.69, 9.17) is 10.5 Å². The summed E-state index contributed by atoms with van der Waals surface area (Å²) in [5.41, 5.74) is 6.67. The van der Waals surface area contributed by atoms with Gasteiger partial charge in [-0.15, -0.1) is 0 Å². The number of esters is 1. The lowest BCUT2D eigenvalue weighted by Gasteiger charge is -2.05. The van der Waals surface area contributed by atoms with Crippen molar-refractivity contribution in [3.05, 3.63) is 48.0 Å². The molecule has 1 aromatic heterocycles. The van der Waals surface area contributed by atoms with Crippen LogP contribution in [0.3, 0.4) is 0 Å². The molecular formula is C13H15N3O2. The maximum absolute atomic E-state index is 11.7. The third kappa shape index (κ3) is 2.88. The standard InChI is InChI=1S/C13H15N3O2/c1-16-8-7-15-12(16)6-9-18-13(17)10-2-4-11(14)5-3-10/h2-5,7-8H,6,9,14H2,1H3. The molecule has 0 spiro atoms. The highest BCUT2D eigenvalue weighted by atomic mass is 16.5. The molecule has 0 unspecified atom stereocenters. The van der Waals surface area contributed by atoms with Gasteiger partial charge in [-0.2, -0.15) is 0 Å². The first kappa shape index (κ1) is 12.2. The fourth-order valence-corrected chi connectivity index (χ4v) is 1.57. The molecule has 0 radical (unpaired) electrons. The second-order valence-electron chi connectivity index (χ2n) is 3.96. The molecule has 5 heteroatoms. The van der Waals surface area contributed by atoms with Crippen molar-refractivity contribution in [3.63, 3.8) is 0 Å². The first-order valence-electron chi connectivity index (χ1n) is 5.65. The van der Waals surface area contributed by atoms with Crippen LogP contribution >= 0.6 is 0 Å². The lowest BCUT2D eigenvalue weighted by molar-refractivity contribution is 0.0507. The molecule has 5 nitrogen and oxygen atoms in total. The zero-order chi connectivity index (χ0) is 13.0. The van der Waals surface area contributed by atoms with E-state index in [0.29, 0.717) is 24.3 Å². The third-order valence-electron chi connectivity index (χ3n) is 2.63. The number of benzene rings is 1. The van der Waals surface area contributed by atoms with Crippen molar-refractivity contribution in [1.82, 2.24) is 9.55 Å². The van der Waals surface area contributed by atoms with Crippen LogP contribution in [0.2, 0.25) is 0 Å². The number of rotatable bonds is 4. The van der Waals surface area contributed by atoms with Crippen LogP contribution in [0, 0.1) is 0 Å². The number of hydrogen-bond donors (Lipinski definition) is 1. The van der Waals surface area contributed by atoms with Crippen molar-refractivity contribution in [2.75, 3.05) is 12.3 Å². The minimum atomic E-state index is -0.343. The Balaban J connectivity index is 1.85. The van der Waals surface area contributed by atoms with E-state index in [2.05, 4.69) is 4.98 Å². The number of anilines is 1. The Hall–Kier alpha value is -2.30. The average molecular weight is 245 g/mol. The van der Waals surface area contributed by atoms with Crippen molar-refractivity contribution < 1.29 is 9.53 Å². The molecule has 0 aliphatic heterocycles. The molecule has 0 atom stereocenters. The molecular weight excluding hydrogens is 230 g/mol. The normalized spacial score (nSPS) is 10.3. The third-order valence-corrected chi connectivity index (χ3v) is 2.63. The molecule has 0 saturated carbocycles. The monoisotopic (exact) mass is 245 g/mol. The number of nitrogens with two attached hydrogens (primary N) is 1. The number of nitrogen functional groups attached to an aromatic ring is 1. The van der Waals surface area contributed by atoms with Crippen LogP contribution in [-0.4, -0.2) is 22.1 Å². The van der Waals surface area contributed by atoms with Crippen LogP contribution in [-0.2, 0) is 18.2 Å². The van der Waals surface area contributed by atoms with Crippen molar-refractivity contribution in [2.24, 2.45) is 7.05 Å². The summed E-state index contributed by atoms with van der Waals surface area (Å²) in [6.07, 6.45) is 4.18. The van der Waals surface area contributed by atoms with Gasteiger partial charge in [0.15, 0.2) is 0 Å². The molecule has 18 heavy (non-hydrogen) atoms. The van der Waals surface area contributed by atoms with Crippen LogP contribution in [0.4, 0.5) is 5.69 Å². The largest absolute Gasteiger partial charge is 0.462 e. The fraction of sp³-hybridized carbons (Fsp3) is 0.231. The molecule has 2 N–H and O–H groups in total. The Labute approximate surface area is 105 Å². The van der Waals surface area contributed by atoms with Crippen molar-refractivity contribution in [3.8, 4) is 0 Å². The second-order valence-corrected chi connectivity index (χ2v) is 3.96. The summed E-state index contributed by atoms with van der Waals surface area (Å²) in [7, 11) is 1.91. The first-order valence-corrected chi connectivity index (χ1v) is 5.65. The molecule has 94 valence electrons. The summed E-state index contributed by atoms with van der Waals surface area (Å²) < 4.78 is 7.06. The van der Waals surface area contributed by atoms with Gasteiger partial charge in [-0.05, 0) is 24.3 Å². The fourth-order valence-electron chi connectivity index (χ4n) is 1.57. The van der Waals surface area contributed by atoms with E-state index < -0.39 is 0 Å². The quantitative estimate of drug-likeness (QED) is 0.653. The van der Waals surface area contributed by atoms with Crippen molar-refractivity contribution in [2.45, 2.75) is 6.42 Å². The second kappa shape index (κ2) is 5.35. The molecule has 0 aliphatic carbocycles. The van der Waals surface area contributed by atoms with Crippen LogP contribution < -0.4 is 5.73 Å².